The van der Waals surface area contributed by atoms with Crippen molar-refractivity contribution in [3.63, 3.8) is 0 Å². The van der Waals surface area contributed by atoms with Crippen molar-refractivity contribution >= 4 is 5.91 Å². The molecule has 6 heteroatoms. The van der Waals surface area contributed by atoms with Crippen LogP contribution >= 0.6 is 0 Å². The molecule has 0 rings (SSSR count). The maximum Gasteiger partial charge on any atom is 0.235 e. The van der Waals surface area contributed by atoms with Crippen LogP contribution in [0.15, 0.2) is 0 Å². The van der Waals surface area contributed by atoms with Crippen LogP contribution in [0.5, 0.6) is 0 Å². The summed E-state index contributed by atoms with van der Waals surface area (Å²) < 4.78 is 10.2. The minimum atomic E-state index is -0.355. The van der Waals surface area contributed by atoms with E-state index < -0.39 is 0 Å². The quantitative estimate of drug-likeness (QED) is 0.520. The second kappa shape index (κ2) is 9.35. The van der Waals surface area contributed by atoms with Gasteiger partial charge in [0, 0.05) is 33.4 Å². The van der Waals surface area contributed by atoms with E-state index in [0.29, 0.717) is 19.8 Å². The van der Waals surface area contributed by atoms with Crippen LogP contribution in [0.4, 0.5) is 0 Å². The average molecular weight is 247 g/mol. The molecule has 3 N–H and O–H groups in total. The Bertz CT molecular complexity index is 214. The summed E-state index contributed by atoms with van der Waals surface area (Å²) in [6.45, 7) is 4.57. The number of nitrogens with two attached hydrogens (primary N) is 1. The lowest BCUT2D eigenvalue weighted by Crippen LogP contribution is -2.51. The van der Waals surface area contributed by atoms with Crippen LogP contribution in [0.1, 0.15) is 6.92 Å². The summed E-state index contributed by atoms with van der Waals surface area (Å²) in [5, 5.41) is 2.91. The third kappa shape index (κ3) is 6.58. The highest BCUT2D eigenvalue weighted by atomic mass is 16.5. The smallest absolute Gasteiger partial charge is 0.235 e. The first-order valence-corrected chi connectivity index (χ1v) is 5.75. The van der Waals surface area contributed by atoms with E-state index in [0.717, 1.165) is 6.54 Å². The number of nitrogens with one attached hydrogen (secondary N) is 1. The van der Waals surface area contributed by atoms with Gasteiger partial charge < -0.3 is 20.5 Å². The third-order valence-corrected chi connectivity index (χ3v) is 2.72. The fourth-order valence-electron chi connectivity index (χ4n) is 1.60. The Morgan fingerprint density at radius 2 is 2.06 bits per heavy atom. The molecule has 0 saturated carbocycles. The van der Waals surface area contributed by atoms with Crippen LogP contribution in [0.2, 0.25) is 0 Å². The fourth-order valence-corrected chi connectivity index (χ4v) is 1.60. The first-order valence-electron chi connectivity index (χ1n) is 5.75. The van der Waals surface area contributed by atoms with E-state index in [9.17, 15) is 4.79 Å². The van der Waals surface area contributed by atoms with E-state index in [1.54, 1.807) is 21.3 Å². The second-order valence-electron chi connectivity index (χ2n) is 4.04. The van der Waals surface area contributed by atoms with E-state index >= 15 is 0 Å². The largest absolute Gasteiger partial charge is 0.383 e. The third-order valence-electron chi connectivity index (χ3n) is 2.72. The number of rotatable bonds is 10. The molecule has 0 fully saturated rings. The zero-order valence-corrected chi connectivity index (χ0v) is 11.2. The molecule has 6 nitrogen and oxygen atoms in total. The number of carbonyl (C=O) groups is 1. The van der Waals surface area contributed by atoms with Gasteiger partial charge in [-0.1, -0.05) is 0 Å². The zero-order chi connectivity index (χ0) is 13.3. The molecule has 0 aliphatic carbocycles. The van der Waals surface area contributed by atoms with Crippen molar-refractivity contribution in [2.75, 3.05) is 47.6 Å². The standard InChI is InChI=1S/C11H25N3O3/c1-9(8-17-4)14(5-6-16-3)7-10(13-2)11(12)15/h9-10,13H,5-8H2,1-4H3,(H2,12,15). The van der Waals surface area contributed by atoms with Crippen LogP contribution in [0, 0.1) is 0 Å². The topological polar surface area (TPSA) is 76.8 Å². The second-order valence-corrected chi connectivity index (χ2v) is 4.04. The van der Waals surface area contributed by atoms with E-state index in [1.165, 1.54) is 0 Å². The highest BCUT2D eigenvalue weighted by Crippen LogP contribution is 2.01. The number of methoxy groups -OCH3 is 2. The summed E-state index contributed by atoms with van der Waals surface area (Å²) in [4.78, 5) is 13.3. The lowest BCUT2D eigenvalue weighted by molar-refractivity contribution is -0.120. The van der Waals surface area contributed by atoms with Crippen molar-refractivity contribution in [1.29, 1.82) is 0 Å². The predicted octanol–water partition coefficient (Wildman–Crippen LogP) is -0.957. The van der Waals surface area contributed by atoms with E-state index in [4.69, 9.17) is 15.2 Å². The van der Waals surface area contributed by atoms with Gasteiger partial charge in [-0.2, -0.15) is 0 Å². The molecular weight excluding hydrogens is 222 g/mol. The predicted molar refractivity (Wildman–Crippen MR) is 66.8 cm³/mol. The molecule has 2 unspecified atom stereocenters. The fraction of sp³-hybridized carbons (Fsp3) is 0.909. The number of carbonyl (C=O) groups excluding carboxylic acids is 1. The van der Waals surface area contributed by atoms with Crippen molar-refractivity contribution < 1.29 is 14.3 Å². The number of amides is 1. The summed E-state index contributed by atoms with van der Waals surface area (Å²) in [5.74, 6) is -0.348. The van der Waals surface area contributed by atoms with Crippen molar-refractivity contribution in [3.05, 3.63) is 0 Å². The van der Waals surface area contributed by atoms with Crippen LogP contribution in [-0.2, 0) is 14.3 Å². The lowest BCUT2D eigenvalue weighted by atomic mass is 10.2. The van der Waals surface area contributed by atoms with Gasteiger partial charge in [0.2, 0.25) is 5.91 Å². The molecule has 0 bridgehead atoms. The molecule has 0 radical (unpaired) electrons. The van der Waals surface area contributed by atoms with E-state index in [-0.39, 0.29) is 18.0 Å². The molecule has 0 aliphatic heterocycles. The van der Waals surface area contributed by atoms with Crippen molar-refractivity contribution in [3.8, 4) is 0 Å². The minimum Gasteiger partial charge on any atom is -0.383 e. The van der Waals surface area contributed by atoms with Crippen LogP contribution in [0.3, 0.4) is 0 Å². The van der Waals surface area contributed by atoms with Gasteiger partial charge >= 0.3 is 0 Å². The number of hydrogen-bond acceptors (Lipinski definition) is 5. The molecule has 2 atom stereocenters. The number of primary amides is 1. The lowest BCUT2D eigenvalue weighted by Gasteiger charge is -2.30. The van der Waals surface area contributed by atoms with Crippen LogP contribution < -0.4 is 11.1 Å². The minimum absolute atomic E-state index is 0.213. The normalized spacial score (nSPS) is 14.9. The number of hydrogen-bond donors (Lipinski definition) is 2. The highest BCUT2D eigenvalue weighted by molar-refractivity contribution is 5.80. The van der Waals surface area contributed by atoms with Crippen LogP contribution in [-0.4, -0.2) is 70.5 Å². The molecule has 0 saturated heterocycles. The SMILES string of the molecule is CNC(CN(CCOC)C(C)COC)C(N)=O. The molecule has 0 spiro atoms. The Hall–Kier alpha value is -0.690. The molecule has 0 aromatic heterocycles. The van der Waals surface area contributed by atoms with Crippen molar-refractivity contribution in [1.82, 2.24) is 10.2 Å². The molecule has 0 aliphatic rings. The van der Waals surface area contributed by atoms with Gasteiger partial charge in [0.1, 0.15) is 0 Å². The van der Waals surface area contributed by atoms with Gasteiger partial charge in [0.25, 0.3) is 0 Å². The van der Waals surface area contributed by atoms with Gasteiger partial charge in [-0.25, -0.2) is 0 Å². The highest BCUT2D eigenvalue weighted by Gasteiger charge is 2.21. The molecule has 102 valence electrons. The van der Waals surface area contributed by atoms with Crippen molar-refractivity contribution in [2.24, 2.45) is 5.73 Å². The number of nitrogens with zero attached hydrogens (tertiary/aromatic N) is 1. The summed E-state index contributed by atoms with van der Waals surface area (Å²) in [7, 11) is 5.04. The number of likely N-dealkylation sites (N-methyl/N-ethyl adjacent to an activating group) is 1. The molecule has 0 aromatic carbocycles. The zero-order valence-electron chi connectivity index (χ0n) is 11.2. The van der Waals surface area contributed by atoms with E-state index in [1.807, 2.05) is 6.92 Å². The number of ether oxygens (including phenoxy) is 2. The Balaban J connectivity index is 4.39. The molecule has 0 heterocycles. The first kappa shape index (κ1) is 16.3. The molecule has 1 amide bonds. The maximum atomic E-state index is 11.2. The van der Waals surface area contributed by atoms with Crippen molar-refractivity contribution in [2.45, 2.75) is 19.0 Å². The van der Waals surface area contributed by atoms with E-state index in [2.05, 4.69) is 10.2 Å². The molecule has 0 aromatic rings. The Labute approximate surface area is 103 Å². The first-order chi connectivity index (χ1) is 8.06. The van der Waals surface area contributed by atoms with Crippen LogP contribution in [0.25, 0.3) is 0 Å². The van der Waals surface area contributed by atoms with Gasteiger partial charge in [0.15, 0.2) is 0 Å². The monoisotopic (exact) mass is 247 g/mol. The molecule has 17 heavy (non-hydrogen) atoms. The summed E-state index contributed by atoms with van der Waals surface area (Å²) in [6.07, 6.45) is 0. The summed E-state index contributed by atoms with van der Waals surface area (Å²) >= 11 is 0. The Morgan fingerprint density at radius 1 is 1.41 bits per heavy atom. The maximum absolute atomic E-state index is 11.2. The van der Waals surface area contributed by atoms with Gasteiger partial charge in [0.05, 0.1) is 19.3 Å². The van der Waals surface area contributed by atoms with Gasteiger partial charge in [-0.05, 0) is 14.0 Å². The summed E-state index contributed by atoms with van der Waals surface area (Å²) in [5.41, 5.74) is 5.31. The molecular formula is C11H25N3O3. The Kier molecular flexibility index (Phi) is 8.97. The Morgan fingerprint density at radius 3 is 2.47 bits per heavy atom. The van der Waals surface area contributed by atoms with Gasteiger partial charge in [-0.3, -0.25) is 9.69 Å². The van der Waals surface area contributed by atoms with Gasteiger partial charge in [-0.15, -0.1) is 0 Å². The summed E-state index contributed by atoms with van der Waals surface area (Å²) in [6, 6.07) is -0.142. The average Bonchev–Trinajstić information content (AvgIpc) is 2.29.